The summed E-state index contributed by atoms with van der Waals surface area (Å²) < 4.78 is 2.28. The first-order chi connectivity index (χ1) is 9.79. The Balaban J connectivity index is 2.00. The maximum atomic E-state index is 4.53. The minimum atomic E-state index is 0.341. The SMILES string of the molecule is CNC(C)c1cccn1Cc1cccc2cccnc12. The number of fused-ring (bicyclic) bond motifs is 1. The molecule has 2 aromatic heterocycles. The van der Waals surface area contributed by atoms with Crippen molar-refractivity contribution in [3.63, 3.8) is 0 Å². The predicted octanol–water partition coefficient (Wildman–Crippen LogP) is 3.37. The lowest BCUT2D eigenvalue weighted by atomic mass is 10.1. The molecule has 0 aliphatic rings. The second-order valence-electron chi connectivity index (χ2n) is 5.06. The van der Waals surface area contributed by atoms with Gasteiger partial charge >= 0.3 is 0 Å². The number of hydrogen-bond donors (Lipinski definition) is 1. The molecule has 0 bridgehead atoms. The maximum absolute atomic E-state index is 4.53. The zero-order valence-electron chi connectivity index (χ0n) is 11.9. The van der Waals surface area contributed by atoms with E-state index in [1.54, 1.807) is 0 Å². The smallest absolute Gasteiger partial charge is 0.0751 e. The van der Waals surface area contributed by atoms with E-state index in [1.807, 2.05) is 19.3 Å². The quantitative estimate of drug-likeness (QED) is 0.784. The summed E-state index contributed by atoms with van der Waals surface area (Å²) in [7, 11) is 1.99. The molecule has 0 amide bonds. The fraction of sp³-hybridized carbons (Fsp3) is 0.235. The maximum Gasteiger partial charge on any atom is 0.0751 e. The van der Waals surface area contributed by atoms with Crippen LogP contribution in [0.15, 0.2) is 54.9 Å². The average Bonchev–Trinajstić information content (AvgIpc) is 2.95. The van der Waals surface area contributed by atoms with Crippen LogP contribution >= 0.6 is 0 Å². The number of pyridine rings is 1. The summed E-state index contributed by atoms with van der Waals surface area (Å²) in [6.07, 6.45) is 3.99. The Labute approximate surface area is 119 Å². The molecule has 0 spiro atoms. The molecule has 0 saturated carbocycles. The molecule has 0 aliphatic heterocycles. The number of benzene rings is 1. The van der Waals surface area contributed by atoms with E-state index in [-0.39, 0.29) is 0 Å². The zero-order chi connectivity index (χ0) is 13.9. The van der Waals surface area contributed by atoms with Crippen molar-refractivity contribution in [2.45, 2.75) is 19.5 Å². The highest BCUT2D eigenvalue weighted by atomic mass is 15.0. The first kappa shape index (κ1) is 12.9. The lowest BCUT2D eigenvalue weighted by molar-refractivity contribution is 0.590. The van der Waals surface area contributed by atoms with Gasteiger partial charge in [0.25, 0.3) is 0 Å². The summed E-state index contributed by atoms with van der Waals surface area (Å²) in [6.45, 7) is 3.02. The molecular formula is C17H19N3. The minimum Gasteiger partial charge on any atom is -0.345 e. The van der Waals surface area contributed by atoms with E-state index in [0.717, 1.165) is 12.1 Å². The van der Waals surface area contributed by atoms with Crippen LogP contribution in [-0.2, 0) is 6.54 Å². The van der Waals surface area contributed by atoms with Crippen LogP contribution in [0.3, 0.4) is 0 Å². The Kier molecular flexibility index (Phi) is 3.52. The van der Waals surface area contributed by atoms with Crippen molar-refractivity contribution >= 4 is 10.9 Å². The van der Waals surface area contributed by atoms with Gasteiger partial charge in [0.15, 0.2) is 0 Å². The van der Waals surface area contributed by atoms with E-state index in [4.69, 9.17) is 0 Å². The number of para-hydroxylation sites is 1. The number of hydrogen-bond acceptors (Lipinski definition) is 2. The highest BCUT2D eigenvalue weighted by molar-refractivity contribution is 5.81. The molecule has 3 heteroatoms. The van der Waals surface area contributed by atoms with Crippen LogP contribution in [0.1, 0.15) is 24.2 Å². The number of aromatic nitrogens is 2. The molecule has 2 heterocycles. The first-order valence-electron chi connectivity index (χ1n) is 6.94. The largest absolute Gasteiger partial charge is 0.345 e. The number of nitrogens with one attached hydrogen (secondary N) is 1. The highest BCUT2D eigenvalue weighted by Gasteiger charge is 2.09. The second kappa shape index (κ2) is 5.47. The lowest BCUT2D eigenvalue weighted by Crippen LogP contribution is -2.17. The van der Waals surface area contributed by atoms with Gasteiger partial charge < -0.3 is 9.88 Å². The Morgan fingerprint density at radius 2 is 2.00 bits per heavy atom. The van der Waals surface area contributed by atoms with E-state index in [2.05, 4.69) is 64.4 Å². The minimum absolute atomic E-state index is 0.341. The molecule has 1 aromatic carbocycles. The predicted molar refractivity (Wildman–Crippen MR) is 82.8 cm³/mol. The number of rotatable bonds is 4. The summed E-state index contributed by atoms with van der Waals surface area (Å²) >= 11 is 0. The Morgan fingerprint density at radius 1 is 1.15 bits per heavy atom. The van der Waals surface area contributed by atoms with Gasteiger partial charge in [-0.25, -0.2) is 0 Å². The Bertz CT molecular complexity index is 710. The fourth-order valence-electron chi connectivity index (χ4n) is 2.59. The lowest BCUT2D eigenvalue weighted by Gasteiger charge is -2.15. The zero-order valence-corrected chi connectivity index (χ0v) is 11.9. The van der Waals surface area contributed by atoms with Crippen molar-refractivity contribution in [1.29, 1.82) is 0 Å². The molecule has 1 unspecified atom stereocenters. The monoisotopic (exact) mass is 265 g/mol. The van der Waals surface area contributed by atoms with Gasteiger partial charge in [-0.15, -0.1) is 0 Å². The number of nitrogens with zero attached hydrogens (tertiary/aromatic N) is 2. The van der Waals surface area contributed by atoms with E-state index in [9.17, 15) is 0 Å². The summed E-state index contributed by atoms with van der Waals surface area (Å²) in [6, 6.07) is 15.1. The Morgan fingerprint density at radius 3 is 2.85 bits per heavy atom. The van der Waals surface area contributed by atoms with Crippen molar-refractivity contribution in [2.24, 2.45) is 0 Å². The van der Waals surface area contributed by atoms with Gasteiger partial charge in [0.1, 0.15) is 0 Å². The van der Waals surface area contributed by atoms with Gasteiger partial charge in [0.2, 0.25) is 0 Å². The molecular weight excluding hydrogens is 246 g/mol. The van der Waals surface area contributed by atoms with E-state index >= 15 is 0 Å². The van der Waals surface area contributed by atoms with Crippen molar-refractivity contribution in [1.82, 2.24) is 14.9 Å². The first-order valence-corrected chi connectivity index (χ1v) is 6.94. The highest BCUT2D eigenvalue weighted by Crippen LogP contribution is 2.20. The molecule has 1 atom stereocenters. The van der Waals surface area contributed by atoms with Crippen molar-refractivity contribution < 1.29 is 0 Å². The summed E-state index contributed by atoms with van der Waals surface area (Å²) in [5, 5.41) is 4.49. The van der Waals surface area contributed by atoms with Gasteiger partial charge in [-0.2, -0.15) is 0 Å². The van der Waals surface area contributed by atoms with Crippen LogP contribution in [-0.4, -0.2) is 16.6 Å². The van der Waals surface area contributed by atoms with Crippen molar-refractivity contribution in [3.05, 3.63) is 66.1 Å². The molecule has 3 rings (SSSR count). The van der Waals surface area contributed by atoms with Gasteiger partial charge in [-0.1, -0.05) is 24.3 Å². The molecule has 0 saturated heterocycles. The fourth-order valence-corrected chi connectivity index (χ4v) is 2.59. The third kappa shape index (κ3) is 2.32. The van der Waals surface area contributed by atoms with Crippen LogP contribution in [0, 0.1) is 0 Å². The molecule has 0 aliphatic carbocycles. The molecule has 0 radical (unpaired) electrons. The van der Waals surface area contributed by atoms with Gasteiger partial charge in [-0.3, -0.25) is 4.98 Å². The van der Waals surface area contributed by atoms with E-state index < -0.39 is 0 Å². The van der Waals surface area contributed by atoms with Gasteiger partial charge in [-0.05, 0) is 37.7 Å². The molecule has 20 heavy (non-hydrogen) atoms. The molecule has 3 nitrogen and oxygen atoms in total. The van der Waals surface area contributed by atoms with Crippen LogP contribution in [0.2, 0.25) is 0 Å². The summed E-state index contributed by atoms with van der Waals surface area (Å²) in [5.74, 6) is 0. The third-order valence-corrected chi connectivity index (χ3v) is 3.80. The molecule has 3 aromatic rings. The normalized spacial score (nSPS) is 12.7. The van der Waals surface area contributed by atoms with Gasteiger partial charge in [0, 0.05) is 36.1 Å². The van der Waals surface area contributed by atoms with Crippen LogP contribution in [0.25, 0.3) is 10.9 Å². The standard InChI is InChI=1S/C17H19N3/c1-13(18-2)16-9-5-11-20(16)12-15-7-3-6-14-8-4-10-19-17(14)15/h3-11,13,18H,12H2,1-2H3. The van der Waals surface area contributed by atoms with E-state index in [1.165, 1.54) is 16.6 Å². The molecule has 102 valence electrons. The molecule has 1 N–H and O–H groups in total. The van der Waals surface area contributed by atoms with Crippen LogP contribution in [0.4, 0.5) is 0 Å². The van der Waals surface area contributed by atoms with Crippen LogP contribution < -0.4 is 5.32 Å². The Hall–Kier alpha value is -2.13. The molecule has 0 fully saturated rings. The second-order valence-corrected chi connectivity index (χ2v) is 5.06. The van der Waals surface area contributed by atoms with Crippen LogP contribution in [0.5, 0.6) is 0 Å². The summed E-state index contributed by atoms with van der Waals surface area (Å²) in [4.78, 5) is 4.53. The van der Waals surface area contributed by atoms with E-state index in [0.29, 0.717) is 6.04 Å². The van der Waals surface area contributed by atoms with Crippen molar-refractivity contribution in [3.8, 4) is 0 Å². The van der Waals surface area contributed by atoms with Crippen molar-refractivity contribution in [2.75, 3.05) is 7.05 Å². The topological polar surface area (TPSA) is 29.9 Å². The van der Waals surface area contributed by atoms with Gasteiger partial charge in [0.05, 0.1) is 5.52 Å². The third-order valence-electron chi connectivity index (χ3n) is 3.80. The summed E-state index contributed by atoms with van der Waals surface area (Å²) in [5.41, 5.74) is 3.64. The average molecular weight is 265 g/mol.